The van der Waals surface area contributed by atoms with Crippen LogP contribution in [0.1, 0.15) is 151 Å². The Balaban J connectivity index is 0. The summed E-state index contributed by atoms with van der Waals surface area (Å²) in [7, 11) is 0. The van der Waals surface area contributed by atoms with Crippen LogP contribution in [0.15, 0.2) is 70.9 Å². The van der Waals surface area contributed by atoms with Crippen molar-refractivity contribution in [2.24, 2.45) is 5.41 Å². The first-order valence-electron chi connectivity index (χ1n) is 17.5. The van der Waals surface area contributed by atoms with Gasteiger partial charge in [0.05, 0.1) is 11.9 Å². The topological polar surface area (TPSA) is 107 Å². The van der Waals surface area contributed by atoms with E-state index in [1.165, 1.54) is 107 Å². The smallest absolute Gasteiger partial charge is 0.545 e. The van der Waals surface area contributed by atoms with Gasteiger partial charge in [0.1, 0.15) is 6.61 Å². The van der Waals surface area contributed by atoms with Crippen LogP contribution in [0.25, 0.3) is 0 Å². The predicted octanol–water partition coefficient (Wildman–Crippen LogP) is 8.58. The zero-order valence-corrected chi connectivity index (χ0v) is 31.3. The number of unbranched alkanes of at least 4 members (excludes halogenated alkanes) is 12. The zero-order chi connectivity index (χ0) is 34.6. The molecule has 266 valence electrons. The van der Waals surface area contributed by atoms with E-state index in [-0.39, 0.29) is 28.5 Å². The molecule has 0 fully saturated rings. The van der Waals surface area contributed by atoms with E-state index in [4.69, 9.17) is 4.74 Å². The maximum Gasteiger partial charge on any atom is 2.00 e. The number of esters is 1. The van der Waals surface area contributed by atoms with Gasteiger partial charge in [0.2, 0.25) is 0 Å². The summed E-state index contributed by atoms with van der Waals surface area (Å²) in [5.41, 5.74) is 5.65. The second-order valence-electron chi connectivity index (χ2n) is 13.1. The molecule has 47 heavy (non-hydrogen) atoms. The van der Waals surface area contributed by atoms with Crippen molar-refractivity contribution in [3.8, 4) is 0 Å². The van der Waals surface area contributed by atoms with Gasteiger partial charge in [0.15, 0.2) is 0 Å². The first-order valence-corrected chi connectivity index (χ1v) is 17.5. The normalized spacial score (nSPS) is 15.1. The predicted molar refractivity (Wildman–Crippen MR) is 187 cm³/mol. The van der Waals surface area contributed by atoms with Crippen molar-refractivity contribution in [1.29, 1.82) is 0 Å². The summed E-state index contributed by atoms with van der Waals surface area (Å²) in [5.74, 6) is -3.17. The van der Waals surface area contributed by atoms with Gasteiger partial charge in [-0.15, -0.1) is 0 Å². The largest absolute Gasteiger partial charge is 2.00 e. The van der Waals surface area contributed by atoms with E-state index in [2.05, 4.69) is 71.9 Å². The molecule has 0 aromatic heterocycles. The van der Waals surface area contributed by atoms with E-state index in [1.807, 2.05) is 6.08 Å². The summed E-state index contributed by atoms with van der Waals surface area (Å²) < 4.78 is 5.40. The van der Waals surface area contributed by atoms with Crippen molar-refractivity contribution in [3.05, 3.63) is 70.9 Å². The molecule has 0 heterocycles. The van der Waals surface area contributed by atoms with Crippen LogP contribution >= 0.6 is 0 Å². The first-order chi connectivity index (χ1) is 21.9. The monoisotopic (exact) mass is 694 g/mol. The van der Waals surface area contributed by atoms with E-state index in [9.17, 15) is 24.6 Å². The van der Waals surface area contributed by atoms with Gasteiger partial charge < -0.3 is 24.5 Å². The minimum absolute atomic E-state index is 0. The fraction of sp³-hybridized carbons (Fsp3) is 0.625. The number of ether oxygens (including phenoxy) is 1. The number of carboxylic acid groups (broad SMARTS) is 2. The van der Waals surface area contributed by atoms with Gasteiger partial charge >= 0.3 is 23.0 Å². The summed E-state index contributed by atoms with van der Waals surface area (Å²) in [6.07, 6.45) is 35.0. The molecule has 1 aliphatic rings. The Bertz CT molecular complexity index is 1060. The summed E-state index contributed by atoms with van der Waals surface area (Å²) in [4.78, 5) is 30.8. The van der Waals surface area contributed by atoms with Crippen LogP contribution in [0.4, 0.5) is 0 Å². The molecule has 7 heteroatoms. The molecule has 1 aliphatic carbocycles. The molecule has 0 aliphatic heterocycles. The maximum absolute atomic E-state index is 12.0. The Kier molecular flexibility index (Phi) is 29.2. The number of carbonyl (C=O) groups is 3. The minimum atomic E-state index is -1.55. The Labute approximate surface area is 297 Å². The Hall–Kier alpha value is -2.63. The average molecular weight is 695 g/mol. The van der Waals surface area contributed by atoms with Crippen molar-refractivity contribution in [2.75, 3.05) is 6.61 Å². The average Bonchev–Trinajstić information content (AvgIpc) is 2.98. The van der Waals surface area contributed by atoms with Crippen molar-refractivity contribution < 1.29 is 46.4 Å². The van der Waals surface area contributed by atoms with Gasteiger partial charge in [-0.2, -0.15) is 0 Å². The third-order valence-electron chi connectivity index (χ3n) is 8.26. The van der Waals surface area contributed by atoms with Crippen LogP contribution < -0.4 is 10.2 Å². The Morgan fingerprint density at radius 1 is 0.766 bits per heavy atom. The fourth-order valence-corrected chi connectivity index (χ4v) is 5.46. The van der Waals surface area contributed by atoms with Gasteiger partial charge in [-0.05, 0) is 75.7 Å². The van der Waals surface area contributed by atoms with Crippen molar-refractivity contribution in [3.63, 3.8) is 0 Å². The number of carboxylic acids is 2. The van der Waals surface area contributed by atoms with Crippen LogP contribution in [0.3, 0.4) is 0 Å². The van der Waals surface area contributed by atoms with Crippen molar-refractivity contribution in [1.82, 2.24) is 0 Å². The molecule has 6 nitrogen and oxygen atoms in total. The molecule has 1 rings (SSSR count). The van der Waals surface area contributed by atoms with E-state index in [0.29, 0.717) is 25.2 Å². The van der Waals surface area contributed by atoms with Crippen molar-refractivity contribution >= 4 is 17.9 Å². The number of allylic oxidation sites excluding steroid dienone is 9. The van der Waals surface area contributed by atoms with E-state index in [0.717, 1.165) is 18.4 Å². The molecule has 0 saturated carbocycles. The Morgan fingerprint density at radius 2 is 1.28 bits per heavy atom. The number of hydrogen-bond donors (Lipinski definition) is 0. The van der Waals surface area contributed by atoms with Gasteiger partial charge in [0, 0.05) is 6.42 Å². The zero-order valence-electron chi connectivity index (χ0n) is 30.1. The van der Waals surface area contributed by atoms with E-state index in [1.54, 1.807) is 0 Å². The molecule has 0 aromatic rings. The van der Waals surface area contributed by atoms with Crippen LogP contribution in [0.2, 0.25) is 0 Å². The number of hydrogen-bond acceptors (Lipinski definition) is 6. The first kappa shape index (κ1) is 46.5. The molecule has 0 radical (unpaired) electrons. The number of carbonyl (C=O) groups excluding carboxylic acids is 3. The molecule has 0 saturated heterocycles. The van der Waals surface area contributed by atoms with E-state index >= 15 is 0 Å². The minimum Gasteiger partial charge on any atom is -0.545 e. The van der Waals surface area contributed by atoms with Crippen LogP contribution in [0.5, 0.6) is 0 Å². The van der Waals surface area contributed by atoms with E-state index < -0.39 is 11.9 Å². The molecule has 0 aromatic carbocycles. The second-order valence-corrected chi connectivity index (χ2v) is 13.1. The van der Waals surface area contributed by atoms with Gasteiger partial charge in [-0.1, -0.05) is 145 Å². The third-order valence-corrected chi connectivity index (χ3v) is 8.26. The molecule has 0 amide bonds. The molecular weight excluding hydrogens is 632 g/mol. The maximum atomic E-state index is 12.0. The molecule has 0 spiro atoms. The van der Waals surface area contributed by atoms with Crippen molar-refractivity contribution in [2.45, 2.75) is 151 Å². The van der Waals surface area contributed by atoms with Gasteiger partial charge in [-0.3, -0.25) is 4.79 Å². The molecule has 0 unspecified atom stereocenters. The fourth-order valence-electron chi connectivity index (χ4n) is 5.46. The molecule has 0 bridgehead atoms. The number of rotatable bonds is 22. The molecule has 0 N–H and O–H groups in total. The molecule has 0 atom stereocenters. The summed E-state index contributed by atoms with van der Waals surface area (Å²) in [6.45, 7) is 13.8. The number of aliphatic carboxylic acids is 2. The third kappa shape index (κ3) is 28.1. The van der Waals surface area contributed by atoms with Crippen LogP contribution in [0, 0.1) is 5.41 Å². The standard InChI is InChI=1S/C36H60O2.C4H4O4.Fe/c1-7-8-9-10-11-12-13-14-15-16-17-18-19-25-35(37)38-30-28-32(3)23-20-22-31(2)26-27-34-33(4)24-21-29-36(34,5)6;5-3(6)1-2-4(7)8;/h20,22-23,26-28H,7-19,21,24-25,29-30H2,1-6H3;1-2H,(H,5,6)(H,7,8);/q;;+2/p-2/b23-20+,27-26+,31-22+,32-28+;2-1+;. The van der Waals surface area contributed by atoms with Crippen LogP contribution in [-0.2, 0) is 36.2 Å². The Morgan fingerprint density at radius 3 is 1.77 bits per heavy atom. The van der Waals surface area contributed by atoms with Crippen LogP contribution in [-0.4, -0.2) is 24.5 Å². The summed E-state index contributed by atoms with van der Waals surface area (Å²) in [6, 6.07) is 0. The molecular formula is C40H62FeO6. The quantitative estimate of drug-likeness (QED) is 0.0370. The van der Waals surface area contributed by atoms with Gasteiger partial charge in [0.25, 0.3) is 0 Å². The summed E-state index contributed by atoms with van der Waals surface area (Å²) >= 11 is 0. The summed E-state index contributed by atoms with van der Waals surface area (Å²) in [5, 5.41) is 18.8. The van der Waals surface area contributed by atoms with Gasteiger partial charge in [-0.25, -0.2) is 0 Å². The SMILES string of the molecule is CCCCCCCCCCCCCCCC(=O)OC/C=C(C)/C=C/C=C(C)/C=C/C1=C(C)CCCC1(C)C.O=C([O-])/C=C/C(=O)[O-].[Fe+2]. The second kappa shape index (κ2) is 29.5.